The lowest BCUT2D eigenvalue weighted by Gasteiger charge is -2.28. The molecule has 0 aliphatic heterocycles. The molecule has 0 spiro atoms. The predicted molar refractivity (Wildman–Crippen MR) is 71.8 cm³/mol. The summed E-state index contributed by atoms with van der Waals surface area (Å²) < 4.78 is 22.6. The second kappa shape index (κ2) is 4.49. The average Bonchev–Trinajstić information content (AvgIpc) is 2.16. The van der Waals surface area contributed by atoms with Crippen LogP contribution >= 0.6 is 15.9 Å². The second-order valence-electron chi connectivity index (χ2n) is 4.65. The van der Waals surface area contributed by atoms with Crippen molar-refractivity contribution >= 4 is 25.8 Å². The quantitative estimate of drug-likeness (QED) is 0.803. The lowest BCUT2D eigenvalue weighted by molar-refractivity contribution is 0.548. The molecule has 0 aromatic heterocycles. The van der Waals surface area contributed by atoms with Crippen LogP contribution in [0.4, 0.5) is 0 Å². The summed E-state index contributed by atoms with van der Waals surface area (Å²) in [5.74, 6) is 0. The molecule has 4 heteroatoms. The SMILES string of the molecule is Cc1ccc(C(Br)C(C)(C)S(C)(=O)=O)cc1. The molecule has 0 saturated heterocycles. The Balaban J connectivity index is 3.12. The van der Waals surface area contributed by atoms with Crippen molar-refractivity contribution in [2.24, 2.45) is 0 Å². The summed E-state index contributed by atoms with van der Waals surface area (Å²) in [5.41, 5.74) is 2.15. The van der Waals surface area contributed by atoms with Crippen LogP contribution in [0.15, 0.2) is 24.3 Å². The van der Waals surface area contributed by atoms with Crippen molar-refractivity contribution in [3.63, 3.8) is 0 Å². The maximum atomic E-state index is 11.7. The Morgan fingerprint density at radius 2 is 1.62 bits per heavy atom. The minimum absolute atomic E-state index is 0.199. The number of rotatable bonds is 3. The van der Waals surface area contributed by atoms with E-state index >= 15 is 0 Å². The van der Waals surface area contributed by atoms with Gasteiger partial charge in [0, 0.05) is 6.26 Å². The Morgan fingerprint density at radius 1 is 1.19 bits per heavy atom. The van der Waals surface area contributed by atoms with E-state index in [4.69, 9.17) is 0 Å². The zero-order chi connectivity index (χ0) is 12.6. The summed E-state index contributed by atoms with van der Waals surface area (Å²) >= 11 is 3.49. The molecular formula is C12H17BrO2S. The van der Waals surface area contributed by atoms with E-state index in [-0.39, 0.29) is 4.83 Å². The Hall–Kier alpha value is -0.350. The van der Waals surface area contributed by atoms with Gasteiger partial charge in [0.2, 0.25) is 0 Å². The third-order valence-electron chi connectivity index (χ3n) is 2.94. The molecule has 0 heterocycles. The molecule has 0 saturated carbocycles. The number of hydrogen-bond donors (Lipinski definition) is 0. The molecule has 1 aromatic carbocycles. The van der Waals surface area contributed by atoms with E-state index in [2.05, 4.69) is 15.9 Å². The van der Waals surface area contributed by atoms with E-state index in [9.17, 15) is 8.42 Å². The van der Waals surface area contributed by atoms with Crippen LogP contribution in [0.1, 0.15) is 29.8 Å². The first-order chi connectivity index (χ1) is 7.16. The van der Waals surface area contributed by atoms with Crippen LogP contribution in [0, 0.1) is 6.92 Å². The Labute approximate surface area is 106 Å². The van der Waals surface area contributed by atoms with E-state index in [1.807, 2.05) is 31.2 Å². The number of alkyl halides is 1. The zero-order valence-electron chi connectivity index (χ0n) is 9.99. The van der Waals surface area contributed by atoms with Gasteiger partial charge in [0.15, 0.2) is 9.84 Å². The summed E-state index contributed by atoms with van der Waals surface area (Å²) in [6.07, 6.45) is 1.27. The van der Waals surface area contributed by atoms with Crippen molar-refractivity contribution in [2.45, 2.75) is 30.3 Å². The second-order valence-corrected chi connectivity index (χ2v) is 8.16. The maximum Gasteiger partial charge on any atom is 0.154 e. The largest absolute Gasteiger partial charge is 0.229 e. The van der Waals surface area contributed by atoms with Crippen molar-refractivity contribution < 1.29 is 8.42 Å². The first kappa shape index (κ1) is 13.7. The van der Waals surface area contributed by atoms with Gasteiger partial charge in [-0.3, -0.25) is 0 Å². The fraction of sp³-hybridized carbons (Fsp3) is 0.500. The standard InChI is InChI=1S/C12H17BrO2S/c1-9-5-7-10(8-6-9)11(13)12(2,3)16(4,14)15/h5-8,11H,1-4H3. The van der Waals surface area contributed by atoms with Gasteiger partial charge in [-0.2, -0.15) is 0 Å². The van der Waals surface area contributed by atoms with Gasteiger partial charge in [-0.25, -0.2) is 8.42 Å². The minimum Gasteiger partial charge on any atom is -0.229 e. The molecular weight excluding hydrogens is 288 g/mol. The molecule has 0 aliphatic carbocycles. The Kier molecular flexibility index (Phi) is 3.85. The lowest BCUT2D eigenvalue weighted by Crippen LogP contribution is -2.35. The van der Waals surface area contributed by atoms with Crippen LogP contribution in [0.5, 0.6) is 0 Å². The van der Waals surface area contributed by atoms with Crippen LogP contribution in [0.2, 0.25) is 0 Å². The normalized spacial score (nSPS) is 14.8. The van der Waals surface area contributed by atoms with Crippen molar-refractivity contribution in [3.8, 4) is 0 Å². The van der Waals surface area contributed by atoms with Gasteiger partial charge in [-0.05, 0) is 26.3 Å². The van der Waals surface area contributed by atoms with Crippen molar-refractivity contribution in [1.82, 2.24) is 0 Å². The molecule has 1 rings (SSSR count). The third kappa shape index (κ3) is 2.66. The van der Waals surface area contributed by atoms with Gasteiger partial charge in [-0.1, -0.05) is 45.8 Å². The highest BCUT2D eigenvalue weighted by molar-refractivity contribution is 9.09. The molecule has 16 heavy (non-hydrogen) atoms. The van der Waals surface area contributed by atoms with Gasteiger partial charge in [0.1, 0.15) is 0 Å². The summed E-state index contributed by atoms with van der Waals surface area (Å²) in [4.78, 5) is -0.199. The molecule has 2 nitrogen and oxygen atoms in total. The lowest BCUT2D eigenvalue weighted by atomic mass is 10.0. The summed E-state index contributed by atoms with van der Waals surface area (Å²) in [6, 6.07) is 7.90. The van der Waals surface area contributed by atoms with Crippen molar-refractivity contribution in [3.05, 3.63) is 35.4 Å². The van der Waals surface area contributed by atoms with E-state index in [0.717, 1.165) is 5.56 Å². The van der Waals surface area contributed by atoms with Crippen LogP contribution in [-0.2, 0) is 9.84 Å². The third-order valence-corrected chi connectivity index (χ3v) is 7.06. The Morgan fingerprint density at radius 3 is 2.00 bits per heavy atom. The first-order valence-corrected chi connectivity index (χ1v) is 7.87. The van der Waals surface area contributed by atoms with Gasteiger partial charge in [-0.15, -0.1) is 0 Å². The van der Waals surface area contributed by atoms with E-state index in [1.165, 1.54) is 11.8 Å². The fourth-order valence-electron chi connectivity index (χ4n) is 1.32. The predicted octanol–water partition coefficient (Wildman–Crippen LogP) is 3.25. The molecule has 1 atom stereocenters. The fourth-order valence-corrected chi connectivity index (χ4v) is 3.16. The molecule has 90 valence electrons. The van der Waals surface area contributed by atoms with Crippen molar-refractivity contribution in [1.29, 1.82) is 0 Å². The number of benzene rings is 1. The molecule has 0 bridgehead atoms. The molecule has 1 aromatic rings. The minimum atomic E-state index is -3.11. The van der Waals surface area contributed by atoms with Crippen LogP contribution in [0.25, 0.3) is 0 Å². The van der Waals surface area contributed by atoms with Gasteiger partial charge in [0.05, 0.1) is 9.57 Å². The van der Waals surface area contributed by atoms with Gasteiger partial charge < -0.3 is 0 Å². The zero-order valence-corrected chi connectivity index (χ0v) is 12.4. The highest BCUT2D eigenvalue weighted by atomic mass is 79.9. The van der Waals surface area contributed by atoms with Gasteiger partial charge >= 0.3 is 0 Å². The molecule has 1 unspecified atom stereocenters. The molecule has 0 fully saturated rings. The highest BCUT2D eigenvalue weighted by Crippen LogP contribution is 2.38. The smallest absolute Gasteiger partial charge is 0.154 e. The number of hydrogen-bond acceptors (Lipinski definition) is 2. The Bertz CT molecular complexity index is 460. The maximum absolute atomic E-state index is 11.7. The van der Waals surface area contributed by atoms with Gasteiger partial charge in [0.25, 0.3) is 0 Å². The summed E-state index contributed by atoms with van der Waals surface area (Å²) in [7, 11) is -3.11. The number of aryl methyl sites for hydroxylation is 1. The van der Waals surface area contributed by atoms with Crippen LogP contribution in [0.3, 0.4) is 0 Å². The van der Waals surface area contributed by atoms with Crippen LogP contribution < -0.4 is 0 Å². The molecule has 0 aliphatic rings. The molecule has 0 radical (unpaired) electrons. The van der Waals surface area contributed by atoms with E-state index in [1.54, 1.807) is 13.8 Å². The van der Waals surface area contributed by atoms with Crippen molar-refractivity contribution in [2.75, 3.05) is 6.26 Å². The monoisotopic (exact) mass is 304 g/mol. The molecule has 0 amide bonds. The van der Waals surface area contributed by atoms with Crippen LogP contribution in [-0.4, -0.2) is 19.4 Å². The summed E-state index contributed by atoms with van der Waals surface area (Å²) in [6.45, 7) is 5.48. The van der Waals surface area contributed by atoms with E-state index < -0.39 is 14.6 Å². The topological polar surface area (TPSA) is 34.1 Å². The number of halogens is 1. The summed E-state index contributed by atoms with van der Waals surface area (Å²) in [5, 5.41) is 0. The number of sulfone groups is 1. The molecule has 0 N–H and O–H groups in total. The average molecular weight is 305 g/mol. The first-order valence-electron chi connectivity index (χ1n) is 5.06. The highest BCUT2D eigenvalue weighted by Gasteiger charge is 2.38. The van der Waals surface area contributed by atoms with E-state index in [0.29, 0.717) is 0 Å².